The van der Waals surface area contributed by atoms with Crippen LogP contribution in [0, 0.1) is 5.92 Å². The number of benzene rings is 1. The number of methoxy groups -OCH3 is 3. The zero-order valence-corrected chi connectivity index (χ0v) is 10.5. The highest BCUT2D eigenvalue weighted by Gasteiger charge is 2.39. The van der Waals surface area contributed by atoms with Crippen molar-refractivity contribution < 1.29 is 23.8 Å². The Bertz CT molecular complexity index is 506. The lowest BCUT2D eigenvalue weighted by Gasteiger charge is -2.08. The van der Waals surface area contributed by atoms with Gasteiger partial charge in [-0.15, -0.1) is 0 Å². The molecular formula is C13H14O5. The predicted octanol–water partition coefficient (Wildman–Crippen LogP) is 1.23. The SMILES string of the molecule is COC(=O)C1Cc2cc(OC)cc(OC)c2C1=O. The van der Waals surface area contributed by atoms with Crippen molar-refractivity contribution in [3.63, 3.8) is 0 Å². The number of rotatable bonds is 3. The van der Waals surface area contributed by atoms with E-state index in [1.165, 1.54) is 21.3 Å². The molecule has 0 fully saturated rings. The lowest BCUT2D eigenvalue weighted by atomic mass is 10.1. The van der Waals surface area contributed by atoms with E-state index in [9.17, 15) is 9.59 Å². The normalized spacial score (nSPS) is 17.3. The fourth-order valence-electron chi connectivity index (χ4n) is 2.18. The van der Waals surface area contributed by atoms with E-state index in [1.807, 2.05) is 0 Å². The molecule has 0 N–H and O–H groups in total. The van der Waals surface area contributed by atoms with Gasteiger partial charge >= 0.3 is 5.97 Å². The molecule has 1 aliphatic rings. The van der Waals surface area contributed by atoms with Crippen LogP contribution in [0.15, 0.2) is 12.1 Å². The molecule has 1 atom stereocenters. The molecule has 5 heteroatoms. The highest BCUT2D eigenvalue weighted by Crippen LogP contribution is 2.37. The molecule has 18 heavy (non-hydrogen) atoms. The molecule has 0 saturated heterocycles. The Hall–Kier alpha value is -2.04. The van der Waals surface area contributed by atoms with Gasteiger partial charge in [-0.05, 0) is 18.1 Å². The van der Waals surface area contributed by atoms with Gasteiger partial charge in [-0.3, -0.25) is 9.59 Å². The summed E-state index contributed by atoms with van der Waals surface area (Å²) < 4.78 is 14.9. The molecule has 1 aromatic carbocycles. The second-order valence-corrected chi connectivity index (χ2v) is 4.01. The van der Waals surface area contributed by atoms with Crippen LogP contribution in [0.25, 0.3) is 0 Å². The van der Waals surface area contributed by atoms with Crippen molar-refractivity contribution >= 4 is 11.8 Å². The zero-order chi connectivity index (χ0) is 13.3. The van der Waals surface area contributed by atoms with Gasteiger partial charge < -0.3 is 14.2 Å². The van der Waals surface area contributed by atoms with E-state index in [2.05, 4.69) is 4.74 Å². The minimum absolute atomic E-state index is 0.253. The molecule has 5 nitrogen and oxygen atoms in total. The van der Waals surface area contributed by atoms with E-state index >= 15 is 0 Å². The second kappa shape index (κ2) is 4.68. The fraction of sp³-hybridized carbons (Fsp3) is 0.385. The number of carbonyl (C=O) groups excluding carboxylic acids is 2. The quantitative estimate of drug-likeness (QED) is 0.596. The maximum atomic E-state index is 12.2. The van der Waals surface area contributed by atoms with Crippen LogP contribution < -0.4 is 9.47 Å². The third-order valence-corrected chi connectivity index (χ3v) is 3.09. The minimum Gasteiger partial charge on any atom is -0.497 e. The van der Waals surface area contributed by atoms with E-state index < -0.39 is 11.9 Å². The van der Waals surface area contributed by atoms with Crippen LogP contribution in [0.2, 0.25) is 0 Å². The second-order valence-electron chi connectivity index (χ2n) is 4.01. The third kappa shape index (κ3) is 1.81. The van der Waals surface area contributed by atoms with E-state index in [1.54, 1.807) is 12.1 Å². The number of carbonyl (C=O) groups is 2. The molecule has 0 spiro atoms. The average Bonchev–Trinajstić information content (AvgIpc) is 2.74. The Balaban J connectivity index is 2.47. The van der Waals surface area contributed by atoms with Crippen molar-refractivity contribution in [2.24, 2.45) is 5.92 Å². The first-order valence-electron chi connectivity index (χ1n) is 5.49. The largest absolute Gasteiger partial charge is 0.497 e. The summed E-state index contributed by atoms with van der Waals surface area (Å²) in [6.07, 6.45) is 0.328. The topological polar surface area (TPSA) is 61.8 Å². The standard InChI is InChI=1S/C13H14O5/c1-16-8-4-7-5-9(13(15)18-3)12(14)11(7)10(6-8)17-2/h4,6,9H,5H2,1-3H3. The highest BCUT2D eigenvalue weighted by atomic mass is 16.5. The van der Waals surface area contributed by atoms with Gasteiger partial charge in [-0.2, -0.15) is 0 Å². The van der Waals surface area contributed by atoms with Crippen LogP contribution in [0.1, 0.15) is 15.9 Å². The summed E-state index contributed by atoms with van der Waals surface area (Å²) >= 11 is 0. The molecule has 2 rings (SSSR count). The molecule has 1 unspecified atom stereocenters. The zero-order valence-electron chi connectivity index (χ0n) is 10.5. The van der Waals surface area contributed by atoms with E-state index in [4.69, 9.17) is 9.47 Å². The van der Waals surface area contributed by atoms with Gasteiger partial charge in [0.1, 0.15) is 17.4 Å². The van der Waals surface area contributed by atoms with Crippen LogP contribution in [0.5, 0.6) is 11.5 Å². The Labute approximate surface area is 105 Å². The maximum absolute atomic E-state index is 12.2. The fourth-order valence-corrected chi connectivity index (χ4v) is 2.18. The monoisotopic (exact) mass is 250 g/mol. The third-order valence-electron chi connectivity index (χ3n) is 3.09. The van der Waals surface area contributed by atoms with Gasteiger partial charge in [0, 0.05) is 6.07 Å². The summed E-state index contributed by atoms with van der Waals surface area (Å²) in [6, 6.07) is 3.38. The van der Waals surface area contributed by atoms with Gasteiger partial charge in [-0.1, -0.05) is 0 Å². The van der Waals surface area contributed by atoms with Crippen LogP contribution in [0.3, 0.4) is 0 Å². The maximum Gasteiger partial charge on any atom is 0.316 e. The number of ketones is 1. The Morgan fingerprint density at radius 1 is 1.22 bits per heavy atom. The number of fused-ring (bicyclic) bond motifs is 1. The van der Waals surface area contributed by atoms with Crippen LogP contribution in [-0.4, -0.2) is 33.1 Å². The number of Topliss-reactive ketones (excluding diaryl/α,β-unsaturated/α-hetero) is 1. The number of hydrogen-bond donors (Lipinski definition) is 0. The van der Waals surface area contributed by atoms with E-state index in [0.717, 1.165) is 5.56 Å². The molecule has 1 aliphatic carbocycles. The summed E-state index contributed by atoms with van der Waals surface area (Å²) in [7, 11) is 4.29. The number of esters is 1. The van der Waals surface area contributed by atoms with Crippen molar-refractivity contribution in [2.45, 2.75) is 6.42 Å². The molecule has 96 valence electrons. The highest BCUT2D eigenvalue weighted by molar-refractivity contribution is 6.13. The Kier molecular flexibility index (Phi) is 3.23. The lowest BCUT2D eigenvalue weighted by molar-refractivity contribution is -0.143. The predicted molar refractivity (Wildman–Crippen MR) is 63.1 cm³/mol. The van der Waals surface area contributed by atoms with Crippen molar-refractivity contribution in [1.82, 2.24) is 0 Å². The summed E-state index contributed by atoms with van der Waals surface area (Å²) in [5.74, 6) is -0.510. The van der Waals surface area contributed by atoms with Crippen LogP contribution in [-0.2, 0) is 16.0 Å². The summed E-state index contributed by atoms with van der Waals surface area (Å²) in [6.45, 7) is 0. The number of ether oxygens (including phenoxy) is 3. The lowest BCUT2D eigenvalue weighted by Crippen LogP contribution is -2.22. The average molecular weight is 250 g/mol. The summed E-state index contributed by atoms with van der Waals surface area (Å²) in [5, 5.41) is 0. The van der Waals surface area contributed by atoms with E-state index in [0.29, 0.717) is 23.5 Å². The van der Waals surface area contributed by atoms with Gasteiger partial charge in [0.2, 0.25) is 0 Å². The first-order chi connectivity index (χ1) is 8.62. The van der Waals surface area contributed by atoms with Crippen molar-refractivity contribution in [1.29, 1.82) is 0 Å². The molecule has 0 saturated carbocycles. The van der Waals surface area contributed by atoms with Gasteiger partial charge in [0.25, 0.3) is 0 Å². The van der Waals surface area contributed by atoms with Crippen LogP contribution >= 0.6 is 0 Å². The summed E-state index contributed by atoms with van der Waals surface area (Å²) in [5.41, 5.74) is 1.21. The summed E-state index contributed by atoms with van der Waals surface area (Å²) in [4.78, 5) is 23.7. The Morgan fingerprint density at radius 3 is 2.50 bits per heavy atom. The molecular weight excluding hydrogens is 236 g/mol. The van der Waals surface area contributed by atoms with Gasteiger partial charge in [-0.25, -0.2) is 0 Å². The molecule has 1 aromatic rings. The molecule has 0 radical (unpaired) electrons. The molecule has 0 aromatic heterocycles. The minimum atomic E-state index is -0.772. The van der Waals surface area contributed by atoms with E-state index in [-0.39, 0.29) is 5.78 Å². The van der Waals surface area contributed by atoms with Gasteiger partial charge in [0.15, 0.2) is 5.78 Å². The molecule has 0 aliphatic heterocycles. The van der Waals surface area contributed by atoms with Crippen molar-refractivity contribution in [3.8, 4) is 11.5 Å². The van der Waals surface area contributed by atoms with Crippen molar-refractivity contribution in [3.05, 3.63) is 23.3 Å². The van der Waals surface area contributed by atoms with Crippen molar-refractivity contribution in [2.75, 3.05) is 21.3 Å². The number of hydrogen-bond acceptors (Lipinski definition) is 5. The smallest absolute Gasteiger partial charge is 0.316 e. The first-order valence-corrected chi connectivity index (χ1v) is 5.49. The van der Waals surface area contributed by atoms with Gasteiger partial charge in [0.05, 0.1) is 26.9 Å². The Morgan fingerprint density at radius 2 is 1.94 bits per heavy atom. The molecule has 0 bridgehead atoms. The molecule has 0 heterocycles. The molecule has 0 amide bonds. The van der Waals surface area contributed by atoms with Crippen LogP contribution in [0.4, 0.5) is 0 Å². The first kappa shape index (κ1) is 12.4.